The number of nitrogen functional groups attached to an aromatic ring is 1. The van der Waals surface area contributed by atoms with Crippen molar-refractivity contribution in [2.24, 2.45) is 0 Å². The molecule has 1 fully saturated rings. The summed E-state index contributed by atoms with van der Waals surface area (Å²) in [6.07, 6.45) is 0.414. The van der Waals surface area contributed by atoms with Gasteiger partial charge >= 0.3 is 0 Å². The minimum absolute atomic E-state index is 0.0133. The second-order valence-corrected chi connectivity index (χ2v) is 5.70. The second kappa shape index (κ2) is 5.59. The summed E-state index contributed by atoms with van der Waals surface area (Å²) in [4.78, 5) is 16.8. The van der Waals surface area contributed by atoms with E-state index in [1.54, 1.807) is 0 Å². The van der Waals surface area contributed by atoms with Gasteiger partial charge in [0, 0.05) is 32.6 Å². The lowest BCUT2D eigenvalue weighted by Crippen LogP contribution is -2.44. The SMILES string of the molecule is CCC(=O)c1sc(N2CCN(C)CC2)c(C#N)c1N. The van der Waals surface area contributed by atoms with Crippen molar-refractivity contribution in [2.45, 2.75) is 13.3 Å². The zero-order valence-corrected chi connectivity index (χ0v) is 12.1. The smallest absolute Gasteiger partial charge is 0.174 e. The molecule has 0 aliphatic carbocycles. The first kappa shape index (κ1) is 13.8. The molecule has 2 heterocycles. The van der Waals surface area contributed by atoms with Gasteiger partial charge in [0.25, 0.3) is 0 Å². The molecule has 2 rings (SSSR count). The molecule has 102 valence electrons. The fourth-order valence-electron chi connectivity index (χ4n) is 2.14. The lowest BCUT2D eigenvalue weighted by molar-refractivity contribution is 0.0993. The van der Waals surface area contributed by atoms with E-state index in [4.69, 9.17) is 5.73 Å². The molecule has 1 aromatic heterocycles. The van der Waals surface area contributed by atoms with Crippen molar-refractivity contribution in [3.05, 3.63) is 10.4 Å². The summed E-state index contributed by atoms with van der Waals surface area (Å²) in [5.74, 6) is 0.0133. The van der Waals surface area contributed by atoms with E-state index in [-0.39, 0.29) is 5.78 Å². The molecule has 0 atom stereocenters. The molecule has 0 aromatic carbocycles. The van der Waals surface area contributed by atoms with Crippen LogP contribution >= 0.6 is 11.3 Å². The van der Waals surface area contributed by atoms with Gasteiger partial charge in [0.1, 0.15) is 16.6 Å². The normalized spacial score (nSPS) is 16.4. The Morgan fingerprint density at radius 1 is 1.42 bits per heavy atom. The number of carbonyl (C=O) groups is 1. The number of hydrogen-bond acceptors (Lipinski definition) is 6. The number of carbonyl (C=O) groups excluding carboxylic acids is 1. The van der Waals surface area contributed by atoms with Gasteiger partial charge in [-0.1, -0.05) is 6.92 Å². The van der Waals surface area contributed by atoms with Crippen LogP contribution in [-0.4, -0.2) is 43.9 Å². The predicted molar refractivity (Wildman–Crippen MR) is 77.8 cm³/mol. The summed E-state index contributed by atoms with van der Waals surface area (Å²) < 4.78 is 0. The summed E-state index contributed by atoms with van der Waals surface area (Å²) in [5.41, 5.74) is 6.77. The number of likely N-dealkylation sites (N-methyl/N-ethyl adjacent to an activating group) is 1. The highest BCUT2D eigenvalue weighted by atomic mass is 32.1. The van der Waals surface area contributed by atoms with E-state index < -0.39 is 0 Å². The zero-order chi connectivity index (χ0) is 14.0. The Labute approximate surface area is 117 Å². The minimum Gasteiger partial charge on any atom is -0.396 e. The van der Waals surface area contributed by atoms with E-state index in [0.717, 1.165) is 31.2 Å². The molecule has 0 spiro atoms. The average molecular weight is 278 g/mol. The molecule has 1 aliphatic rings. The summed E-state index contributed by atoms with van der Waals surface area (Å²) >= 11 is 1.36. The molecule has 0 amide bonds. The van der Waals surface area contributed by atoms with Gasteiger partial charge in [0.15, 0.2) is 5.78 Å². The third-order valence-electron chi connectivity index (χ3n) is 3.40. The summed E-state index contributed by atoms with van der Waals surface area (Å²) in [6, 6.07) is 2.15. The molecule has 0 bridgehead atoms. The van der Waals surface area contributed by atoms with E-state index in [1.165, 1.54) is 11.3 Å². The highest BCUT2D eigenvalue weighted by Gasteiger charge is 2.25. The Kier molecular flexibility index (Phi) is 4.08. The number of ketones is 1. The van der Waals surface area contributed by atoms with Crippen LogP contribution in [0, 0.1) is 11.3 Å². The molecule has 19 heavy (non-hydrogen) atoms. The molecule has 2 N–H and O–H groups in total. The van der Waals surface area contributed by atoms with Crippen molar-refractivity contribution >= 4 is 27.8 Å². The van der Waals surface area contributed by atoms with Gasteiger partial charge < -0.3 is 15.5 Å². The van der Waals surface area contributed by atoms with Gasteiger partial charge in [-0.3, -0.25) is 4.79 Å². The van der Waals surface area contributed by atoms with Crippen LogP contribution < -0.4 is 10.6 Å². The molecule has 5 nitrogen and oxygen atoms in total. The van der Waals surface area contributed by atoms with Crippen molar-refractivity contribution in [2.75, 3.05) is 43.9 Å². The number of nitriles is 1. The van der Waals surface area contributed by atoms with Crippen LogP contribution in [-0.2, 0) is 0 Å². The second-order valence-electron chi connectivity index (χ2n) is 4.70. The van der Waals surface area contributed by atoms with Crippen molar-refractivity contribution < 1.29 is 4.79 Å². The van der Waals surface area contributed by atoms with Crippen molar-refractivity contribution in [1.29, 1.82) is 5.26 Å². The first-order chi connectivity index (χ1) is 9.08. The summed E-state index contributed by atoms with van der Waals surface area (Å²) in [5, 5.41) is 10.1. The van der Waals surface area contributed by atoms with Crippen LogP contribution in [0.1, 0.15) is 28.6 Å². The fraction of sp³-hybridized carbons (Fsp3) is 0.538. The Balaban J connectivity index is 2.35. The van der Waals surface area contributed by atoms with Gasteiger partial charge in [-0.05, 0) is 7.05 Å². The van der Waals surface area contributed by atoms with Gasteiger partial charge in [-0.15, -0.1) is 11.3 Å². The lowest BCUT2D eigenvalue weighted by atomic mass is 10.2. The largest absolute Gasteiger partial charge is 0.396 e. The fourth-order valence-corrected chi connectivity index (χ4v) is 3.37. The first-order valence-electron chi connectivity index (χ1n) is 6.37. The number of hydrogen-bond donors (Lipinski definition) is 1. The van der Waals surface area contributed by atoms with Gasteiger partial charge in [-0.2, -0.15) is 5.26 Å². The number of piperazine rings is 1. The molecular weight excluding hydrogens is 260 g/mol. The number of rotatable bonds is 3. The lowest BCUT2D eigenvalue weighted by Gasteiger charge is -2.33. The molecule has 1 aliphatic heterocycles. The van der Waals surface area contributed by atoms with Crippen LogP contribution in [0.5, 0.6) is 0 Å². The molecule has 1 saturated heterocycles. The van der Waals surface area contributed by atoms with E-state index in [9.17, 15) is 10.1 Å². The standard InChI is InChI=1S/C13H18N4OS/c1-3-10(18)12-11(15)9(8-14)13(19-12)17-6-4-16(2)5-7-17/h3-7,15H2,1-2H3. The molecule has 0 unspecified atom stereocenters. The van der Waals surface area contributed by atoms with Gasteiger partial charge in [0.2, 0.25) is 0 Å². The highest BCUT2D eigenvalue weighted by molar-refractivity contribution is 7.19. The first-order valence-corrected chi connectivity index (χ1v) is 7.19. The van der Waals surface area contributed by atoms with Crippen molar-refractivity contribution in [1.82, 2.24) is 4.90 Å². The predicted octanol–water partition coefficient (Wildman–Crippen LogP) is 1.55. The van der Waals surface area contributed by atoms with Crippen LogP contribution in [0.3, 0.4) is 0 Å². The maximum atomic E-state index is 11.8. The molecular formula is C13H18N4OS. The molecule has 0 saturated carbocycles. The zero-order valence-electron chi connectivity index (χ0n) is 11.3. The summed E-state index contributed by atoms with van der Waals surface area (Å²) in [7, 11) is 2.08. The van der Waals surface area contributed by atoms with Gasteiger partial charge in [-0.25, -0.2) is 0 Å². The quantitative estimate of drug-likeness (QED) is 0.849. The molecule has 6 heteroatoms. The Morgan fingerprint density at radius 2 is 2.05 bits per heavy atom. The maximum Gasteiger partial charge on any atom is 0.174 e. The minimum atomic E-state index is 0.0133. The number of nitrogens with two attached hydrogens (primary N) is 1. The molecule has 0 radical (unpaired) electrons. The number of nitrogens with zero attached hydrogens (tertiary/aromatic N) is 3. The van der Waals surface area contributed by atoms with Gasteiger partial charge in [0.05, 0.1) is 10.6 Å². The van der Waals surface area contributed by atoms with Crippen LogP contribution in [0.15, 0.2) is 0 Å². The van der Waals surface area contributed by atoms with Crippen molar-refractivity contribution in [3.8, 4) is 6.07 Å². The third kappa shape index (κ3) is 2.57. The van der Waals surface area contributed by atoms with E-state index in [0.29, 0.717) is 22.5 Å². The monoisotopic (exact) mass is 278 g/mol. The average Bonchev–Trinajstić information content (AvgIpc) is 2.75. The Morgan fingerprint density at radius 3 is 2.58 bits per heavy atom. The Hall–Kier alpha value is -1.58. The van der Waals surface area contributed by atoms with E-state index in [1.807, 2.05) is 6.92 Å². The van der Waals surface area contributed by atoms with Crippen LogP contribution in [0.25, 0.3) is 0 Å². The maximum absolute atomic E-state index is 11.8. The number of thiophene rings is 1. The highest BCUT2D eigenvalue weighted by Crippen LogP contribution is 2.38. The number of Topliss-reactive ketones (excluding diaryl/α,β-unsaturated/α-hetero) is 1. The summed E-state index contributed by atoms with van der Waals surface area (Å²) in [6.45, 7) is 5.46. The van der Waals surface area contributed by atoms with E-state index >= 15 is 0 Å². The topological polar surface area (TPSA) is 73.4 Å². The Bertz CT molecular complexity index is 523. The number of anilines is 2. The van der Waals surface area contributed by atoms with Crippen molar-refractivity contribution in [3.63, 3.8) is 0 Å². The van der Waals surface area contributed by atoms with Crippen LogP contribution in [0.2, 0.25) is 0 Å². The van der Waals surface area contributed by atoms with Crippen LogP contribution in [0.4, 0.5) is 10.7 Å². The third-order valence-corrected chi connectivity index (χ3v) is 4.71. The van der Waals surface area contributed by atoms with E-state index in [2.05, 4.69) is 22.9 Å². The molecule has 1 aromatic rings.